The van der Waals surface area contributed by atoms with Gasteiger partial charge in [-0.3, -0.25) is 4.79 Å². The summed E-state index contributed by atoms with van der Waals surface area (Å²) in [6.07, 6.45) is 2.87. The van der Waals surface area contributed by atoms with Crippen LogP contribution in [0, 0.1) is 12.8 Å². The predicted molar refractivity (Wildman–Crippen MR) is 120 cm³/mol. The number of rotatable bonds is 12. The molecule has 0 radical (unpaired) electrons. The average molecular weight is 449 g/mol. The van der Waals surface area contributed by atoms with Crippen molar-refractivity contribution in [1.82, 2.24) is 0 Å². The minimum Gasteiger partial charge on any atom is -0.507 e. The lowest BCUT2D eigenvalue weighted by Gasteiger charge is -2.13. The number of hydrogen-bond acceptors (Lipinski definition) is 5. The van der Waals surface area contributed by atoms with Crippen molar-refractivity contribution >= 4 is 23.4 Å². The zero-order valence-electron chi connectivity index (χ0n) is 18.1. The molecule has 0 fully saturated rings. The maximum Gasteiger partial charge on any atom is 0.337 e. The highest BCUT2D eigenvalue weighted by Gasteiger charge is 2.17. The molecule has 0 atom stereocenters. The number of halogens is 1. The van der Waals surface area contributed by atoms with Gasteiger partial charge in [0.15, 0.2) is 5.78 Å². The van der Waals surface area contributed by atoms with Crippen molar-refractivity contribution in [1.29, 1.82) is 0 Å². The molecular formula is C24H29ClO6. The number of aromatic carboxylic acids is 1. The van der Waals surface area contributed by atoms with Crippen LogP contribution in [-0.4, -0.2) is 35.2 Å². The Morgan fingerprint density at radius 1 is 1.00 bits per heavy atom. The second-order valence-electron chi connectivity index (χ2n) is 7.81. The van der Waals surface area contributed by atoms with E-state index in [-0.39, 0.29) is 28.0 Å². The molecule has 0 heterocycles. The van der Waals surface area contributed by atoms with E-state index >= 15 is 0 Å². The highest BCUT2D eigenvalue weighted by molar-refractivity contribution is 6.33. The molecule has 0 aromatic heterocycles. The third-order valence-electron chi connectivity index (χ3n) is 4.76. The summed E-state index contributed by atoms with van der Waals surface area (Å²) in [4.78, 5) is 23.2. The second kappa shape index (κ2) is 11.6. The van der Waals surface area contributed by atoms with E-state index in [0.717, 1.165) is 19.3 Å². The van der Waals surface area contributed by atoms with E-state index in [2.05, 4.69) is 0 Å². The fourth-order valence-electron chi connectivity index (χ4n) is 3.06. The third kappa shape index (κ3) is 7.17. The molecule has 0 bridgehead atoms. The summed E-state index contributed by atoms with van der Waals surface area (Å²) in [6, 6.07) is 7.86. The van der Waals surface area contributed by atoms with E-state index in [4.69, 9.17) is 26.2 Å². The lowest BCUT2D eigenvalue weighted by atomic mass is 9.98. The van der Waals surface area contributed by atoms with Gasteiger partial charge in [0, 0.05) is 12.0 Å². The summed E-state index contributed by atoms with van der Waals surface area (Å²) in [6.45, 7) is 6.64. The number of carboxylic acids is 1. The van der Waals surface area contributed by atoms with Crippen LogP contribution in [0.25, 0.3) is 0 Å². The number of aromatic hydroxyl groups is 1. The molecule has 168 valence electrons. The minimum absolute atomic E-state index is 0.0101. The summed E-state index contributed by atoms with van der Waals surface area (Å²) in [7, 11) is 0. The molecule has 0 aliphatic carbocycles. The molecule has 0 saturated carbocycles. The summed E-state index contributed by atoms with van der Waals surface area (Å²) < 4.78 is 11.4. The van der Waals surface area contributed by atoms with Crippen LogP contribution in [0.5, 0.6) is 17.2 Å². The Balaban J connectivity index is 1.73. The van der Waals surface area contributed by atoms with Crippen molar-refractivity contribution in [2.45, 2.75) is 46.5 Å². The van der Waals surface area contributed by atoms with Gasteiger partial charge in [-0.25, -0.2) is 4.79 Å². The first-order valence-corrected chi connectivity index (χ1v) is 10.7. The van der Waals surface area contributed by atoms with Crippen molar-refractivity contribution in [2.75, 3.05) is 13.2 Å². The van der Waals surface area contributed by atoms with Gasteiger partial charge in [0.2, 0.25) is 0 Å². The Morgan fingerprint density at radius 3 is 2.26 bits per heavy atom. The van der Waals surface area contributed by atoms with Crippen molar-refractivity contribution in [3.8, 4) is 17.2 Å². The van der Waals surface area contributed by atoms with Crippen LogP contribution in [0.4, 0.5) is 0 Å². The fourth-order valence-corrected chi connectivity index (χ4v) is 3.31. The predicted octanol–water partition coefficient (Wildman–Crippen LogP) is 5.91. The topological polar surface area (TPSA) is 93.1 Å². The van der Waals surface area contributed by atoms with Crippen LogP contribution in [0.15, 0.2) is 30.3 Å². The molecule has 2 rings (SSSR count). The fraction of sp³-hybridized carbons (Fsp3) is 0.417. The van der Waals surface area contributed by atoms with E-state index < -0.39 is 5.97 Å². The number of Topliss-reactive ketones (excluding diaryl/α,β-unsaturated/α-hetero) is 1. The van der Waals surface area contributed by atoms with Gasteiger partial charge in [-0.05, 0) is 62.4 Å². The largest absolute Gasteiger partial charge is 0.507 e. The van der Waals surface area contributed by atoms with E-state index in [1.165, 1.54) is 12.1 Å². The highest BCUT2D eigenvalue weighted by atomic mass is 35.5. The van der Waals surface area contributed by atoms with Gasteiger partial charge < -0.3 is 19.7 Å². The van der Waals surface area contributed by atoms with Gasteiger partial charge in [0.1, 0.15) is 17.2 Å². The first kappa shape index (κ1) is 24.5. The number of ether oxygens (including phenoxy) is 2. The number of carboxylic acid groups (broad SMARTS) is 1. The smallest absolute Gasteiger partial charge is 0.337 e. The second-order valence-corrected chi connectivity index (χ2v) is 8.22. The van der Waals surface area contributed by atoms with Gasteiger partial charge in [-0.15, -0.1) is 0 Å². The maximum atomic E-state index is 12.2. The zero-order chi connectivity index (χ0) is 23.0. The summed E-state index contributed by atoms with van der Waals surface area (Å²) in [5.41, 5.74) is 0.955. The van der Waals surface area contributed by atoms with Crippen LogP contribution in [0.3, 0.4) is 0 Å². The van der Waals surface area contributed by atoms with Gasteiger partial charge in [0.25, 0.3) is 0 Å². The molecule has 2 N–H and O–H groups in total. The molecular weight excluding hydrogens is 420 g/mol. The normalized spacial score (nSPS) is 10.9. The molecule has 0 saturated heterocycles. The quantitative estimate of drug-likeness (QED) is 0.309. The number of benzene rings is 2. The van der Waals surface area contributed by atoms with E-state index in [1.54, 1.807) is 25.1 Å². The van der Waals surface area contributed by atoms with Gasteiger partial charge in [-0.1, -0.05) is 25.4 Å². The van der Waals surface area contributed by atoms with Crippen LogP contribution in [0.1, 0.15) is 65.8 Å². The minimum atomic E-state index is -1.07. The Bertz CT molecular complexity index is 923. The first-order chi connectivity index (χ1) is 14.7. The molecule has 0 unspecified atom stereocenters. The van der Waals surface area contributed by atoms with Crippen LogP contribution in [-0.2, 0) is 0 Å². The van der Waals surface area contributed by atoms with Crippen molar-refractivity contribution in [2.24, 2.45) is 5.92 Å². The Labute approximate surface area is 187 Å². The lowest BCUT2D eigenvalue weighted by Crippen LogP contribution is -2.06. The number of unbranched alkanes of at least 4 members (excludes halogenated alkanes) is 2. The van der Waals surface area contributed by atoms with E-state index in [1.807, 2.05) is 13.8 Å². The molecule has 0 spiro atoms. The number of phenolic OH excluding ortho intramolecular Hbond substituents is 1. The SMILES string of the molecule is Cc1c(OCCCCCOc2ccc(C(=O)O)c(Cl)c2)ccc(C(=O)CC(C)C)c1O. The monoisotopic (exact) mass is 448 g/mol. The van der Waals surface area contributed by atoms with E-state index in [0.29, 0.717) is 42.3 Å². The summed E-state index contributed by atoms with van der Waals surface area (Å²) in [5, 5.41) is 19.5. The van der Waals surface area contributed by atoms with Crippen LogP contribution < -0.4 is 9.47 Å². The van der Waals surface area contributed by atoms with Crippen LogP contribution in [0.2, 0.25) is 5.02 Å². The standard InChI is InChI=1S/C24H29ClO6/c1-15(2)13-21(26)19-9-10-22(16(3)23(19)27)31-12-6-4-5-11-30-17-7-8-18(24(28)29)20(25)14-17/h7-10,14-15,27H,4-6,11-13H2,1-3H3,(H,28,29). The maximum absolute atomic E-state index is 12.2. The molecule has 0 amide bonds. The number of carbonyl (C=O) groups excluding carboxylic acids is 1. The van der Waals surface area contributed by atoms with Crippen LogP contribution >= 0.6 is 11.6 Å². The molecule has 0 aliphatic rings. The highest BCUT2D eigenvalue weighted by Crippen LogP contribution is 2.32. The molecule has 2 aromatic carbocycles. The number of hydrogen-bond donors (Lipinski definition) is 2. The average Bonchev–Trinajstić information content (AvgIpc) is 2.69. The molecule has 2 aromatic rings. The van der Waals surface area contributed by atoms with Crippen molar-refractivity contribution in [3.63, 3.8) is 0 Å². The molecule has 0 aliphatic heterocycles. The number of carbonyl (C=O) groups is 2. The third-order valence-corrected chi connectivity index (χ3v) is 5.07. The van der Waals surface area contributed by atoms with Gasteiger partial charge >= 0.3 is 5.97 Å². The molecule has 6 nitrogen and oxygen atoms in total. The van der Waals surface area contributed by atoms with Crippen molar-refractivity contribution in [3.05, 3.63) is 52.0 Å². The van der Waals surface area contributed by atoms with Gasteiger partial charge in [0.05, 0.1) is 29.4 Å². The first-order valence-electron chi connectivity index (χ1n) is 10.3. The van der Waals surface area contributed by atoms with Gasteiger partial charge in [-0.2, -0.15) is 0 Å². The summed E-state index contributed by atoms with van der Waals surface area (Å²) in [5.74, 6) is 0.183. The molecule has 31 heavy (non-hydrogen) atoms. The van der Waals surface area contributed by atoms with E-state index in [9.17, 15) is 14.7 Å². The Hall–Kier alpha value is -2.73. The molecule has 7 heteroatoms. The summed E-state index contributed by atoms with van der Waals surface area (Å²) >= 11 is 5.92. The Morgan fingerprint density at radius 2 is 1.65 bits per heavy atom. The Kier molecular flexibility index (Phi) is 9.19. The number of phenols is 1. The lowest BCUT2D eigenvalue weighted by molar-refractivity contribution is 0.0696. The number of ketones is 1. The zero-order valence-corrected chi connectivity index (χ0v) is 18.9. The van der Waals surface area contributed by atoms with Crippen molar-refractivity contribution < 1.29 is 29.3 Å².